The molecule has 6 heavy (non-hydrogen) atoms. The van der Waals surface area contributed by atoms with Crippen molar-refractivity contribution in [1.29, 1.82) is 0 Å². The third-order valence-corrected chi connectivity index (χ3v) is 0. The normalized spacial score (nSPS) is 0. The van der Waals surface area contributed by atoms with Crippen molar-refractivity contribution in [3.63, 3.8) is 0 Å². The molecule has 0 amide bonds. The molecule has 0 atom stereocenters. The van der Waals surface area contributed by atoms with Crippen LogP contribution in [0.1, 0.15) is 0 Å². The van der Waals surface area contributed by atoms with E-state index in [1.165, 1.54) is 0 Å². The van der Waals surface area contributed by atoms with Gasteiger partial charge in [0.15, 0.2) is 0 Å². The topological polar surface area (TPSA) is 31.5 Å². The van der Waals surface area contributed by atoms with Gasteiger partial charge in [0.25, 0.3) is 0 Å². The van der Waals surface area contributed by atoms with Gasteiger partial charge in [0.2, 0.25) is 0 Å². The Hall–Kier alpha value is 2.28. The van der Waals surface area contributed by atoms with Gasteiger partial charge in [0.05, 0.1) is 0 Å². The molecule has 0 bridgehead atoms. The Morgan fingerprint density at radius 2 is 0.833 bits per heavy atom. The van der Waals surface area contributed by atoms with Crippen LogP contribution in [0.5, 0.6) is 0 Å². The fraction of sp³-hybridized carbons (Fsp3) is 0. The van der Waals surface area contributed by atoms with E-state index in [9.17, 15) is 0 Å². The maximum atomic E-state index is 0. The van der Waals surface area contributed by atoms with Gasteiger partial charge in [-0.25, -0.2) is 0 Å². The molecule has 0 unspecified atom stereocenters. The maximum Gasteiger partial charge on any atom is 0 e. The van der Waals surface area contributed by atoms with Crippen LogP contribution in [0, 0.1) is 46.0 Å². The van der Waals surface area contributed by atoms with Crippen molar-refractivity contribution >= 4 is 0 Å². The van der Waals surface area contributed by atoms with Crippen LogP contribution in [-0.2, 0) is 39.6 Å². The van der Waals surface area contributed by atoms with E-state index >= 15 is 0 Å². The summed E-state index contributed by atoms with van der Waals surface area (Å²) in [6.07, 6.45) is 0. The van der Waals surface area contributed by atoms with E-state index < -0.39 is 0 Å². The summed E-state index contributed by atoms with van der Waals surface area (Å²) in [5.41, 5.74) is 0. The van der Waals surface area contributed by atoms with Crippen molar-refractivity contribution in [2.24, 2.45) is 0 Å². The number of hydrogen-bond donors (Lipinski definition) is 0. The quantitative estimate of drug-likeness (QED) is 0.405. The molecule has 0 fully saturated rings. The van der Waals surface area contributed by atoms with Gasteiger partial charge in [0, 0.05) is 70.7 Å². The van der Waals surface area contributed by atoms with E-state index in [1.54, 1.807) is 0 Å². The Labute approximate surface area is 89.9 Å². The van der Waals surface area contributed by atoms with Crippen molar-refractivity contribution in [2.75, 3.05) is 0 Å². The maximum absolute atomic E-state index is 0. The number of rotatable bonds is 0. The van der Waals surface area contributed by atoms with Crippen molar-refractivity contribution in [2.45, 2.75) is 0 Å². The molecule has 0 aliphatic heterocycles. The molecule has 0 saturated carbocycles. The molecule has 0 aliphatic rings. The van der Waals surface area contributed by atoms with Crippen LogP contribution in [-0.4, -0.2) is 5.48 Å². The molecular formula is C2H8OUVW-2. The summed E-state index contributed by atoms with van der Waals surface area (Å²) in [6, 6.07) is 0. The molecule has 0 rings (SSSR count). The molecule has 0 saturated heterocycles. The van der Waals surface area contributed by atoms with Crippen LogP contribution < -0.4 is 0 Å². The fourth-order valence-corrected chi connectivity index (χ4v) is 0. The Morgan fingerprint density at radius 1 is 0.833 bits per heavy atom. The van der Waals surface area contributed by atoms with E-state index in [-0.39, 0.29) is 91.1 Å². The minimum Gasteiger partial charge on any atom is -0.412 e. The average Bonchev–Trinajstić information content (AvgIpc) is 0. The summed E-state index contributed by atoms with van der Waals surface area (Å²) in [7, 11) is 0. The van der Waals surface area contributed by atoms with Gasteiger partial charge in [-0.2, -0.15) is 0 Å². The first-order valence-corrected chi connectivity index (χ1v) is 0. The molecule has 4 heteroatoms. The molecule has 1 radical (unpaired) electrons. The van der Waals surface area contributed by atoms with Crippen LogP contribution >= 0.6 is 0 Å². The largest absolute Gasteiger partial charge is 0.412 e. The number of hydrogen-bond acceptors (Lipinski definition) is 0. The molecular weight excluding hydrogens is 513 g/mol. The molecule has 0 heterocycles. The van der Waals surface area contributed by atoms with Crippen LogP contribution in [0.15, 0.2) is 0 Å². The smallest absolute Gasteiger partial charge is 0 e. The fourth-order valence-electron chi connectivity index (χ4n) is 0. The average molecular weight is 521 g/mol. The van der Waals surface area contributed by atoms with E-state index in [1.807, 2.05) is 0 Å². The van der Waals surface area contributed by atoms with Crippen molar-refractivity contribution in [3.05, 3.63) is 14.9 Å². The molecule has 2 N–H and O–H groups in total. The summed E-state index contributed by atoms with van der Waals surface area (Å²) < 4.78 is 0. The van der Waals surface area contributed by atoms with Crippen LogP contribution in [0.4, 0.5) is 0 Å². The second-order valence-electron chi connectivity index (χ2n) is 0. The SMILES string of the molecule is O.[CH3-].[CH3-].[U].[V].[W]. The second-order valence-corrected chi connectivity index (χ2v) is 0. The zero-order valence-corrected chi connectivity index (χ0v) is 12.3. The van der Waals surface area contributed by atoms with E-state index in [0.717, 1.165) is 0 Å². The molecule has 0 spiro atoms. The van der Waals surface area contributed by atoms with Gasteiger partial charge >= 0.3 is 0 Å². The molecule has 0 aliphatic carbocycles. The third-order valence-electron chi connectivity index (χ3n) is 0. The van der Waals surface area contributed by atoms with E-state index in [0.29, 0.717) is 0 Å². The third kappa shape index (κ3) is 33.6. The zero-order valence-electron chi connectivity index (χ0n) is 3.86. The predicted octanol–water partition coefficient (Wildman–Crippen LogP) is 0.0709. The van der Waals surface area contributed by atoms with E-state index in [4.69, 9.17) is 0 Å². The van der Waals surface area contributed by atoms with Crippen LogP contribution in [0.25, 0.3) is 0 Å². The van der Waals surface area contributed by atoms with Gasteiger partial charge in [0.1, 0.15) is 0 Å². The minimum absolute atomic E-state index is 0. The van der Waals surface area contributed by atoms with Gasteiger partial charge < -0.3 is 20.3 Å². The molecule has 39 valence electrons. The van der Waals surface area contributed by atoms with Gasteiger partial charge in [-0.1, -0.05) is 0 Å². The Kier molecular flexibility index (Phi) is 774. The first-order valence-electron chi connectivity index (χ1n) is 0. The van der Waals surface area contributed by atoms with Gasteiger partial charge in [-0.3, -0.25) is 0 Å². The van der Waals surface area contributed by atoms with E-state index in [2.05, 4.69) is 0 Å². The minimum atomic E-state index is 0. The predicted molar refractivity (Wildman–Crippen MR) is 16.4 cm³/mol. The van der Waals surface area contributed by atoms with Crippen molar-refractivity contribution in [1.82, 2.24) is 0 Å². The second kappa shape index (κ2) is 55.1. The summed E-state index contributed by atoms with van der Waals surface area (Å²) in [5.74, 6) is 0. The first-order chi connectivity index (χ1) is 0. The summed E-state index contributed by atoms with van der Waals surface area (Å²) in [6.45, 7) is 0. The van der Waals surface area contributed by atoms with Crippen LogP contribution in [0.2, 0.25) is 0 Å². The summed E-state index contributed by atoms with van der Waals surface area (Å²) >= 11 is 0. The zero-order chi connectivity index (χ0) is 0. The van der Waals surface area contributed by atoms with Gasteiger partial charge in [-0.05, 0) is 0 Å². The molecule has 0 aromatic heterocycles. The van der Waals surface area contributed by atoms with Gasteiger partial charge in [-0.15, -0.1) is 0 Å². The Bertz CT molecular complexity index is 13.5. The molecule has 0 aromatic rings. The Balaban J connectivity index is 0. The van der Waals surface area contributed by atoms with Crippen LogP contribution in [0.3, 0.4) is 0 Å². The Morgan fingerprint density at radius 3 is 0.833 bits per heavy atom. The standard InChI is InChI=1S/2CH3.H2O.U.V.W/h2*1H3;1H2;;;/q2*-1;;;;. The van der Waals surface area contributed by atoms with Crippen molar-refractivity contribution in [3.8, 4) is 0 Å². The molecule has 1 nitrogen and oxygen atoms in total. The first kappa shape index (κ1) is 84.2. The summed E-state index contributed by atoms with van der Waals surface area (Å²) in [5, 5.41) is 0. The summed E-state index contributed by atoms with van der Waals surface area (Å²) in [4.78, 5) is 0. The monoisotopic (exact) mass is 521 g/mol. The van der Waals surface area contributed by atoms with Crippen molar-refractivity contribution < 1.29 is 76.2 Å². The molecule has 0 aromatic carbocycles.